The molecule has 2 heteroatoms. The second-order valence-electron chi connectivity index (χ2n) is 5.71. The zero-order valence-corrected chi connectivity index (χ0v) is 11.0. The van der Waals surface area contributed by atoms with Crippen molar-refractivity contribution < 1.29 is 4.39 Å². The van der Waals surface area contributed by atoms with E-state index in [0.29, 0.717) is 0 Å². The van der Waals surface area contributed by atoms with E-state index in [0.717, 1.165) is 29.5 Å². The van der Waals surface area contributed by atoms with Crippen molar-refractivity contribution in [1.82, 2.24) is 0 Å². The monoisotopic (exact) mass is 235 g/mol. The molecule has 0 aliphatic heterocycles. The fourth-order valence-corrected chi connectivity index (χ4v) is 2.94. The van der Waals surface area contributed by atoms with Gasteiger partial charge in [-0.15, -0.1) is 0 Å². The van der Waals surface area contributed by atoms with E-state index >= 15 is 0 Å². The summed E-state index contributed by atoms with van der Waals surface area (Å²) >= 11 is 0. The first-order valence-electron chi connectivity index (χ1n) is 6.53. The van der Waals surface area contributed by atoms with Gasteiger partial charge in [0.05, 0.1) is 0 Å². The number of hydrogen-bond acceptors (Lipinski definition) is 1. The zero-order valence-electron chi connectivity index (χ0n) is 11.0. The number of rotatable bonds is 2. The highest BCUT2D eigenvalue weighted by atomic mass is 19.1. The van der Waals surface area contributed by atoms with Crippen LogP contribution in [0.4, 0.5) is 4.39 Å². The molecule has 1 aliphatic rings. The predicted molar refractivity (Wildman–Crippen MR) is 69.6 cm³/mol. The van der Waals surface area contributed by atoms with Crippen LogP contribution in [0, 0.1) is 12.7 Å². The summed E-state index contributed by atoms with van der Waals surface area (Å²) in [5.41, 5.74) is 9.20. The van der Waals surface area contributed by atoms with Crippen LogP contribution < -0.4 is 5.73 Å². The maximum Gasteiger partial charge on any atom is 0.126 e. The predicted octanol–water partition coefficient (Wildman–Crippen LogP) is 3.99. The van der Waals surface area contributed by atoms with E-state index in [2.05, 4.69) is 0 Å². The van der Waals surface area contributed by atoms with E-state index in [9.17, 15) is 4.39 Å². The molecular weight excluding hydrogens is 213 g/mol. The molecule has 0 heterocycles. The van der Waals surface area contributed by atoms with Crippen LogP contribution in [0.25, 0.3) is 0 Å². The van der Waals surface area contributed by atoms with Gasteiger partial charge in [0.2, 0.25) is 0 Å². The van der Waals surface area contributed by atoms with Gasteiger partial charge in [-0.2, -0.15) is 0 Å². The molecule has 1 nitrogen and oxygen atoms in total. The molecule has 0 bridgehead atoms. The Labute approximate surface area is 103 Å². The van der Waals surface area contributed by atoms with E-state index in [1.165, 1.54) is 12.8 Å². The smallest absolute Gasteiger partial charge is 0.126 e. The lowest BCUT2D eigenvalue weighted by Gasteiger charge is -2.27. The van der Waals surface area contributed by atoms with Crippen molar-refractivity contribution in [2.45, 2.75) is 57.9 Å². The Balaban J connectivity index is 2.50. The summed E-state index contributed by atoms with van der Waals surface area (Å²) in [7, 11) is 0. The summed E-state index contributed by atoms with van der Waals surface area (Å²) in [6.07, 6.45) is 4.42. The molecule has 94 valence electrons. The topological polar surface area (TPSA) is 26.0 Å². The summed E-state index contributed by atoms with van der Waals surface area (Å²) in [4.78, 5) is 0. The SMILES string of the molecule is Cc1cc(F)c(C(C)C)cc1C1(N)CCCC1. The molecule has 0 aromatic heterocycles. The molecule has 0 saturated heterocycles. The molecule has 1 aliphatic carbocycles. The minimum absolute atomic E-state index is 0.0946. The zero-order chi connectivity index (χ0) is 12.6. The largest absolute Gasteiger partial charge is 0.321 e. The highest BCUT2D eigenvalue weighted by molar-refractivity contribution is 5.39. The van der Waals surface area contributed by atoms with Crippen LogP contribution >= 0.6 is 0 Å². The second-order valence-corrected chi connectivity index (χ2v) is 5.71. The van der Waals surface area contributed by atoms with Crippen molar-refractivity contribution in [3.63, 3.8) is 0 Å². The molecule has 2 rings (SSSR count). The molecule has 1 fully saturated rings. The third-order valence-electron chi connectivity index (χ3n) is 4.00. The number of halogens is 1. The normalized spacial score (nSPS) is 18.9. The van der Waals surface area contributed by atoms with Crippen molar-refractivity contribution in [3.05, 3.63) is 34.6 Å². The summed E-state index contributed by atoms with van der Waals surface area (Å²) in [6, 6.07) is 3.65. The van der Waals surface area contributed by atoms with Gasteiger partial charge in [-0.05, 0) is 48.4 Å². The van der Waals surface area contributed by atoms with Gasteiger partial charge in [0.15, 0.2) is 0 Å². The Hall–Kier alpha value is -0.890. The molecule has 0 radical (unpaired) electrons. The van der Waals surface area contributed by atoms with E-state index in [1.54, 1.807) is 6.07 Å². The Morgan fingerprint density at radius 3 is 2.35 bits per heavy atom. The molecule has 17 heavy (non-hydrogen) atoms. The van der Waals surface area contributed by atoms with Gasteiger partial charge in [0.25, 0.3) is 0 Å². The van der Waals surface area contributed by atoms with Crippen molar-refractivity contribution in [2.24, 2.45) is 5.73 Å². The lowest BCUT2D eigenvalue weighted by atomic mass is 9.83. The summed E-state index contributed by atoms with van der Waals surface area (Å²) in [5, 5.41) is 0. The number of benzene rings is 1. The molecule has 2 N–H and O–H groups in total. The third-order valence-corrected chi connectivity index (χ3v) is 4.00. The molecule has 1 aromatic rings. The van der Waals surface area contributed by atoms with E-state index in [4.69, 9.17) is 5.73 Å². The van der Waals surface area contributed by atoms with Gasteiger partial charge in [-0.3, -0.25) is 0 Å². The van der Waals surface area contributed by atoms with Crippen LogP contribution in [0.15, 0.2) is 12.1 Å². The highest BCUT2D eigenvalue weighted by Crippen LogP contribution is 2.39. The average Bonchev–Trinajstić information content (AvgIpc) is 2.65. The van der Waals surface area contributed by atoms with Crippen LogP contribution in [0.2, 0.25) is 0 Å². The summed E-state index contributed by atoms with van der Waals surface area (Å²) in [6.45, 7) is 6.01. The Kier molecular flexibility index (Phi) is 3.26. The summed E-state index contributed by atoms with van der Waals surface area (Å²) < 4.78 is 13.9. The van der Waals surface area contributed by atoms with Crippen LogP contribution in [0.3, 0.4) is 0 Å². The van der Waals surface area contributed by atoms with Crippen molar-refractivity contribution in [3.8, 4) is 0 Å². The lowest BCUT2D eigenvalue weighted by Crippen LogP contribution is -2.34. The first-order chi connectivity index (χ1) is 7.94. The molecule has 0 unspecified atom stereocenters. The first-order valence-corrected chi connectivity index (χ1v) is 6.53. The maximum absolute atomic E-state index is 13.9. The Morgan fingerprint density at radius 1 is 1.24 bits per heavy atom. The van der Waals surface area contributed by atoms with Crippen LogP contribution in [0.5, 0.6) is 0 Å². The van der Waals surface area contributed by atoms with Crippen LogP contribution in [0.1, 0.15) is 62.1 Å². The van der Waals surface area contributed by atoms with Crippen molar-refractivity contribution in [1.29, 1.82) is 0 Å². The van der Waals surface area contributed by atoms with Gasteiger partial charge >= 0.3 is 0 Å². The highest BCUT2D eigenvalue weighted by Gasteiger charge is 2.33. The third kappa shape index (κ3) is 2.23. The van der Waals surface area contributed by atoms with Gasteiger partial charge < -0.3 is 5.73 Å². The van der Waals surface area contributed by atoms with Crippen molar-refractivity contribution >= 4 is 0 Å². The molecule has 0 atom stereocenters. The minimum Gasteiger partial charge on any atom is -0.321 e. The van der Waals surface area contributed by atoms with Gasteiger partial charge in [0.1, 0.15) is 5.82 Å². The molecular formula is C15H22FN. The Bertz CT molecular complexity index is 417. The molecule has 0 amide bonds. The molecule has 0 spiro atoms. The quantitative estimate of drug-likeness (QED) is 0.824. The van der Waals surface area contributed by atoms with Gasteiger partial charge in [-0.1, -0.05) is 32.8 Å². The molecule has 1 saturated carbocycles. The minimum atomic E-state index is -0.221. The van der Waals surface area contributed by atoms with Crippen LogP contribution in [-0.2, 0) is 5.54 Å². The first kappa shape index (κ1) is 12.6. The van der Waals surface area contributed by atoms with Crippen molar-refractivity contribution in [2.75, 3.05) is 0 Å². The van der Waals surface area contributed by atoms with Gasteiger partial charge in [-0.25, -0.2) is 4.39 Å². The fraction of sp³-hybridized carbons (Fsp3) is 0.600. The fourth-order valence-electron chi connectivity index (χ4n) is 2.94. The second kappa shape index (κ2) is 4.41. The summed E-state index contributed by atoms with van der Waals surface area (Å²) in [5.74, 6) is 0.113. The number of nitrogens with two attached hydrogens (primary N) is 1. The molecule has 1 aromatic carbocycles. The van der Waals surface area contributed by atoms with Gasteiger partial charge in [0, 0.05) is 5.54 Å². The van der Waals surface area contributed by atoms with E-state index in [-0.39, 0.29) is 17.3 Å². The lowest BCUT2D eigenvalue weighted by molar-refractivity contribution is 0.456. The van der Waals surface area contributed by atoms with E-state index in [1.807, 2.05) is 26.8 Å². The maximum atomic E-state index is 13.9. The van der Waals surface area contributed by atoms with E-state index < -0.39 is 0 Å². The number of aryl methyl sites for hydroxylation is 1. The Morgan fingerprint density at radius 2 is 1.82 bits per heavy atom. The average molecular weight is 235 g/mol. The van der Waals surface area contributed by atoms with Crippen LogP contribution in [-0.4, -0.2) is 0 Å². The number of hydrogen-bond donors (Lipinski definition) is 1. The standard InChI is InChI=1S/C15H22FN/c1-10(2)12-9-13(11(3)8-14(12)16)15(17)6-4-5-7-15/h8-10H,4-7,17H2,1-3H3.